The molecule has 3 aromatic rings. The Labute approximate surface area is 203 Å². The highest BCUT2D eigenvalue weighted by Crippen LogP contribution is 2.54. The van der Waals surface area contributed by atoms with Crippen molar-refractivity contribution in [1.82, 2.24) is 25.0 Å². The number of hydrogen-bond donors (Lipinski definition) is 2. The Morgan fingerprint density at radius 3 is 2.54 bits per heavy atom. The molecule has 3 heterocycles. The molecule has 1 aliphatic heterocycles. The summed E-state index contributed by atoms with van der Waals surface area (Å²) in [5.41, 5.74) is 7.99. The number of hydrogen-bond acceptors (Lipinski definition) is 6. The molecule has 9 heteroatoms. The maximum absolute atomic E-state index is 12.7. The Kier molecular flexibility index (Phi) is 5.65. The average molecular weight is 471 g/mol. The Hall–Kier alpha value is -4.32. The number of amides is 2. The summed E-state index contributed by atoms with van der Waals surface area (Å²) < 4.78 is 7.51. The van der Waals surface area contributed by atoms with E-state index in [0.717, 1.165) is 12.8 Å². The summed E-state index contributed by atoms with van der Waals surface area (Å²) in [4.78, 5) is 30.8. The lowest BCUT2D eigenvalue weighted by atomic mass is 9.60. The Morgan fingerprint density at radius 2 is 1.91 bits per heavy atom. The van der Waals surface area contributed by atoms with Gasteiger partial charge in [0.05, 0.1) is 6.04 Å². The maximum atomic E-state index is 12.7. The number of benzene rings is 1. The molecule has 1 saturated heterocycles. The number of nitrogen functional groups attached to an aromatic ring is 1. The Balaban J connectivity index is 1.35. The van der Waals surface area contributed by atoms with Crippen molar-refractivity contribution in [1.29, 1.82) is 0 Å². The van der Waals surface area contributed by atoms with Gasteiger partial charge in [-0.05, 0) is 43.9 Å². The second kappa shape index (κ2) is 8.80. The van der Waals surface area contributed by atoms with E-state index in [1.807, 2.05) is 36.4 Å². The summed E-state index contributed by atoms with van der Waals surface area (Å²) in [7, 11) is 1.56. The van der Waals surface area contributed by atoms with Gasteiger partial charge in [-0.1, -0.05) is 24.1 Å². The number of carbonyl (C=O) groups is 2. The second-order valence-electron chi connectivity index (χ2n) is 9.03. The van der Waals surface area contributed by atoms with Crippen molar-refractivity contribution >= 4 is 17.6 Å². The molecule has 1 spiro atoms. The summed E-state index contributed by atoms with van der Waals surface area (Å²) >= 11 is 0. The van der Waals surface area contributed by atoms with Gasteiger partial charge in [0.15, 0.2) is 0 Å². The minimum atomic E-state index is -0.305. The Bertz CT molecular complexity index is 1320. The molecule has 5 rings (SSSR count). The molecular weight excluding hydrogens is 444 g/mol. The fraction of sp³-hybridized carbons (Fsp3) is 0.308. The molecule has 2 aromatic heterocycles. The SMILES string of the molecule is CC#CC(=O)N1CC2(CC(n3nc(-c4ccc(Oc5ccccc5)nc4)c(C(=O)NC)c3N)C2)C1. The topological polar surface area (TPSA) is 115 Å². The lowest BCUT2D eigenvalue weighted by Gasteiger charge is -2.58. The third-order valence-corrected chi connectivity index (χ3v) is 6.63. The molecule has 0 radical (unpaired) electrons. The summed E-state index contributed by atoms with van der Waals surface area (Å²) in [6, 6.07) is 13.0. The summed E-state index contributed by atoms with van der Waals surface area (Å²) in [5, 5.41) is 7.40. The van der Waals surface area contributed by atoms with Gasteiger partial charge in [0, 0.05) is 43.4 Å². The van der Waals surface area contributed by atoms with Crippen LogP contribution in [0.3, 0.4) is 0 Å². The van der Waals surface area contributed by atoms with Gasteiger partial charge >= 0.3 is 0 Å². The average Bonchev–Trinajstić information content (AvgIpc) is 3.15. The molecule has 1 aromatic carbocycles. The van der Waals surface area contributed by atoms with Gasteiger partial charge in [-0.3, -0.25) is 9.59 Å². The Morgan fingerprint density at radius 1 is 1.17 bits per heavy atom. The normalized spacial score (nSPS) is 16.0. The van der Waals surface area contributed by atoms with Crippen LogP contribution in [0.5, 0.6) is 11.6 Å². The number of nitrogens with two attached hydrogens (primary N) is 1. The number of carbonyl (C=O) groups excluding carboxylic acids is 2. The molecule has 3 N–H and O–H groups in total. The quantitative estimate of drug-likeness (QED) is 0.554. The number of aromatic nitrogens is 3. The van der Waals surface area contributed by atoms with Crippen molar-refractivity contribution < 1.29 is 14.3 Å². The summed E-state index contributed by atoms with van der Waals surface area (Å²) in [6.07, 6.45) is 3.32. The molecule has 178 valence electrons. The van der Waals surface area contributed by atoms with Crippen LogP contribution in [0.1, 0.15) is 36.2 Å². The lowest BCUT2D eigenvalue weighted by Crippen LogP contribution is -2.63. The van der Waals surface area contributed by atoms with Crippen LogP contribution in [0.15, 0.2) is 48.7 Å². The van der Waals surface area contributed by atoms with Crippen LogP contribution in [-0.2, 0) is 4.79 Å². The predicted octanol–water partition coefficient (Wildman–Crippen LogP) is 2.87. The number of anilines is 1. The summed E-state index contributed by atoms with van der Waals surface area (Å²) in [6.45, 7) is 3.05. The van der Waals surface area contributed by atoms with Crippen LogP contribution in [0, 0.1) is 17.3 Å². The standard InChI is InChI=1S/C26H26N6O3/c1-3-7-21(33)31-15-26(16-31)12-18(13-26)32-24(27)22(25(34)28-2)23(30-32)17-10-11-20(29-14-17)35-19-8-5-4-6-9-19/h4-6,8-11,14,18H,12-13,15-16,27H2,1-2H3,(H,28,34). The molecule has 2 amide bonds. The van der Waals surface area contributed by atoms with Crippen LogP contribution in [0.25, 0.3) is 11.3 Å². The number of nitrogens with zero attached hydrogens (tertiary/aromatic N) is 4. The van der Waals surface area contributed by atoms with Gasteiger partial charge < -0.3 is 20.7 Å². The molecule has 0 bridgehead atoms. The van der Waals surface area contributed by atoms with E-state index >= 15 is 0 Å². The third-order valence-electron chi connectivity index (χ3n) is 6.63. The van der Waals surface area contributed by atoms with E-state index in [9.17, 15) is 9.59 Å². The predicted molar refractivity (Wildman–Crippen MR) is 131 cm³/mol. The zero-order valence-corrected chi connectivity index (χ0v) is 19.6. The van der Waals surface area contributed by atoms with Gasteiger partial charge in [-0.15, -0.1) is 0 Å². The molecule has 1 saturated carbocycles. The summed E-state index contributed by atoms with van der Waals surface area (Å²) in [5.74, 6) is 6.26. The highest BCUT2D eigenvalue weighted by molar-refractivity contribution is 6.04. The fourth-order valence-corrected chi connectivity index (χ4v) is 4.93. The van der Waals surface area contributed by atoms with E-state index < -0.39 is 0 Å². The molecule has 0 atom stereocenters. The van der Waals surface area contributed by atoms with Crippen LogP contribution in [-0.4, -0.2) is 51.6 Å². The van der Waals surface area contributed by atoms with Gasteiger partial charge in [0.2, 0.25) is 5.88 Å². The van der Waals surface area contributed by atoms with Crippen molar-refractivity contribution in [3.05, 3.63) is 54.2 Å². The molecule has 35 heavy (non-hydrogen) atoms. The van der Waals surface area contributed by atoms with Crippen molar-refractivity contribution in [3.8, 4) is 34.7 Å². The number of ether oxygens (including phenoxy) is 1. The van der Waals surface area contributed by atoms with E-state index in [1.54, 1.807) is 35.8 Å². The van der Waals surface area contributed by atoms with E-state index in [-0.39, 0.29) is 23.3 Å². The van der Waals surface area contributed by atoms with Crippen LogP contribution in [0.4, 0.5) is 5.82 Å². The van der Waals surface area contributed by atoms with Gasteiger partial charge in [0.1, 0.15) is 22.8 Å². The van der Waals surface area contributed by atoms with Crippen molar-refractivity contribution in [2.24, 2.45) is 5.41 Å². The monoisotopic (exact) mass is 470 g/mol. The van der Waals surface area contributed by atoms with E-state index in [4.69, 9.17) is 15.6 Å². The lowest BCUT2D eigenvalue weighted by molar-refractivity contribution is -0.148. The molecule has 0 unspecified atom stereocenters. The first-order valence-corrected chi connectivity index (χ1v) is 11.4. The first kappa shape index (κ1) is 22.5. The number of nitrogens with one attached hydrogen (secondary N) is 1. The molecule has 1 aliphatic carbocycles. The first-order valence-electron chi connectivity index (χ1n) is 11.4. The molecule has 9 nitrogen and oxygen atoms in total. The zero-order valence-electron chi connectivity index (χ0n) is 19.6. The van der Waals surface area contributed by atoms with Crippen molar-refractivity contribution in [2.45, 2.75) is 25.8 Å². The number of pyridine rings is 1. The highest BCUT2D eigenvalue weighted by Gasteiger charge is 2.54. The van der Waals surface area contributed by atoms with Crippen molar-refractivity contribution in [2.75, 3.05) is 25.9 Å². The largest absolute Gasteiger partial charge is 0.439 e. The third kappa shape index (κ3) is 4.08. The van der Waals surface area contributed by atoms with Gasteiger partial charge in [-0.2, -0.15) is 5.10 Å². The smallest absolute Gasteiger partial charge is 0.298 e. The van der Waals surface area contributed by atoms with Gasteiger partial charge in [-0.25, -0.2) is 9.67 Å². The minimum absolute atomic E-state index is 0.0651. The number of para-hydroxylation sites is 1. The maximum Gasteiger partial charge on any atom is 0.298 e. The molecule has 2 fully saturated rings. The van der Waals surface area contributed by atoms with E-state index in [0.29, 0.717) is 47.4 Å². The number of rotatable bonds is 5. The number of likely N-dealkylation sites (tertiary alicyclic amines) is 1. The first-order chi connectivity index (χ1) is 16.9. The van der Waals surface area contributed by atoms with Gasteiger partial charge in [0.25, 0.3) is 11.8 Å². The molecular formula is C26H26N6O3. The van der Waals surface area contributed by atoms with Crippen molar-refractivity contribution in [3.63, 3.8) is 0 Å². The minimum Gasteiger partial charge on any atom is -0.439 e. The van der Waals surface area contributed by atoms with Crippen LogP contribution >= 0.6 is 0 Å². The van der Waals surface area contributed by atoms with E-state index in [2.05, 4.69) is 22.1 Å². The second-order valence-corrected chi connectivity index (χ2v) is 9.03. The zero-order chi connectivity index (χ0) is 24.6. The van der Waals surface area contributed by atoms with Crippen LogP contribution in [0.2, 0.25) is 0 Å². The van der Waals surface area contributed by atoms with Crippen LogP contribution < -0.4 is 15.8 Å². The molecule has 2 aliphatic rings. The highest BCUT2D eigenvalue weighted by atomic mass is 16.5. The van der Waals surface area contributed by atoms with E-state index in [1.165, 1.54) is 0 Å². The fourth-order valence-electron chi connectivity index (χ4n) is 4.93.